The van der Waals surface area contributed by atoms with Crippen molar-refractivity contribution in [3.05, 3.63) is 48.6 Å². The molecule has 0 spiro atoms. The molecule has 20 heavy (non-hydrogen) atoms. The first-order valence-corrected chi connectivity index (χ1v) is 8.60. The zero-order valence-corrected chi connectivity index (χ0v) is 15.6. The Morgan fingerprint density at radius 3 is 1.15 bits per heavy atom. The molecule has 0 saturated heterocycles. The Morgan fingerprint density at radius 2 is 1.00 bits per heavy atom. The quantitative estimate of drug-likeness (QED) is 0.460. The molecular formula is C20H40. The third-order valence-corrected chi connectivity index (χ3v) is 1.95. The second-order valence-corrected chi connectivity index (χ2v) is 2.93. The first-order valence-electron chi connectivity index (χ1n) is 8.60. The van der Waals surface area contributed by atoms with Crippen molar-refractivity contribution in [2.24, 2.45) is 5.92 Å². The van der Waals surface area contributed by atoms with Crippen LogP contribution in [0.4, 0.5) is 0 Å². The minimum Gasteiger partial charge on any atom is -0.0808 e. The summed E-state index contributed by atoms with van der Waals surface area (Å²) in [6.07, 6.45) is 19.4. The molecule has 0 unspecified atom stereocenters. The van der Waals surface area contributed by atoms with Crippen LogP contribution < -0.4 is 0 Å². The van der Waals surface area contributed by atoms with Crippen LogP contribution in [0.2, 0.25) is 0 Å². The molecule has 120 valence electrons. The van der Waals surface area contributed by atoms with Gasteiger partial charge in [0, 0.05) is 0 Å². The van der Waals surface area contributed by atoms with Gasteiger partial charge in [-0.25, -0.2) is 0 Å². The Morgan fingerprint density at radius 1 is 0.650 bits per heavy atom. The van der Waals surface area contributed by atoms with Gasteiger partial charge in [0.25, 0.3) is 0 Å². The lowest BCUT2D eigenvalue weighted by Gasteiger charge is -1.93. The van der Waals surface area contributed by atoms with Gasteiger partial charge < -0.3 is 0 Å². The van der Waals surface area contributed by atoms with Gasteiger partial charge in [-0.15, -0.1) is 0 Å². The summed E-state index contributed by atoms with van der Waals surface area (Å²) in [6, 6.07) is 0. The zero-order valence-electron chi connectivity index (χ0n) is 15.6. The zero-order chi connectivity index (χ0) is 16.6. The van der Waals surface area contributed by atoms with E-state index >= 15 is 0 Å². The lowest BCUT2D eigenvalue weighted by Crippen LogP contribution is -1.81. The molecule has 0 fully saturated rings. The van der Waals surface area contributed by atoms with E-state index < -0.39 is 0 Å². The SMILES string of the molecule is C1=CCC=C1.CC.CC.CC.CC.CCC1C=CC=C1. The number of hydrogen-bond acceptors (Lipinski definition) is 0. The summed E-state index contributed by atoms with van der Waals surface area (Å²) in [5.41, 5.74) is 0. The van der Waals surface area contributed by atoms with Gasteiger partial charge >= 0.3 is 0 Å². The molecule has 0 N–H and O–H groups in total. The lowest BCUT2D eigenvalue weighted by atomic mass is 10.1. The van der Waals surface area contributed by atoms with Crippen LogP contribution in [0.1, 0.15) is 75.2 Å². The van der Waals surface area contributed by atoms with Crippen molar-refractivity contribution in [1.82, 2.24) is 0 Å². The normalized spacial score (nSPS) is 12.2. The van der Waals surface area contributed by atoms with Crippen LogP contribution in [0, 0.1) is 5.92 Å². The van der Waals surface area contributed by atoms with E-state index in [4.69, 9.17) is 0 Å². The lowest BCUT2D eigenvalue weighted by molar-refractivity contribution is 0.784. The minimum atomic E-state index is 0.736. The molecule has 0 radical (unpaired) electrons. The molecule has 0 nitrogen and oxygen atoms in total. The molecule has 0 amide bonds. The Kier molecular flexibility index (Phi) is 49.3. The number of hydrogen-bond donors (Lipinski definition) is 0. The summed E-state index contributed by atoms with van der Waals surface area (Å²) in [6.45, 7) is 18.2. The molecule has 0 aromatic carbocycles. The van der Waals surface area contributed by atoms with Crippen LogP contribution in [0.3, 0.4) is 0 Å². The molecular weight excluding hydrogens is 240 g/mol. The van der Waals surface area contributed by atoms with E-state index in [-0.39, 0.29) is 0 Å². The third kappa shape index (κ3) is 25.7. The summed E-state index contributed by atoms with van der Waals surface area (Å²) < 4.78 is 0. The van der Waals surface area contributed by atoms with Crippen LogP contribution in [-0.4, -0.2) is 0 Å². The Labute approximate surface area is 130 Å². The van der Waals surface area contributed by atoms with Gasteiger partial charge in [0.05, 0.1) is 0 Å². The maximum absolute atomic E-state index is 2.22. The highest BCUT2D eigenvalue weighted by Crippen LogP contribution is 2.11. The summed E-state index contributed by atoms with van der Waals surface area (Å²) in [4.78, 5) is 0. The fourth-order valence-electron chi connectivity index (χ4n) is 1.14. The van der Waals surface area contributed by atoms with E-state index in [1.807, 2.05) is 55.4 Å². The predicted octanol–water partition coefficient (Wildman–Crippen LogP) is 7.75. The first kappa shape index (κ1) is 27.3. The summed E-state index contributed by atoms with van der Waals surface area (Å²) in [5.74, 6) is 0.736. The van der Waals surface area contributed by atoms with Crippen molar-refractivity contribution < 1.29 is 0 Å². The second kappa shape index (κ2) is 36.1. The monoisotopic (exact) mass is 280 g/mol. The molecule has 0 atom stereocenters. The third-order valence-electron chi connectivity index (χ3n) is 1.95. The first-order chi connectivity index (χ1) is 9.93. The van der Waals surface area contributed by atoms with Crippen molar-refractivity contribution in [1.29, 1.82) is 0 Å². The molecule has 0 saturated carbocycles. The van der Waals surface area contributed by atoms with Crippen LogP contribution in [0.25, 0.3) is 0 Å². The Balaban J connectivity index is -0.0000000875. The van der Waals surface area contributed by atoms with Gasteiger partial charge in [-0.05, 0) is 18.8 Å². The molecule has 2 rings (SSSR count). The smallest absolute Gasteiger partial charge is 0.00499 e. The maximum atomic E-state index is 2.22. The standard InChI is InChI=1S/C7H10.C5H6.4C2H6/c1-2-7-5-3-4-6-7;1-2-4-5-3-1;4*1-2/h3-7H,2H2,1H3;1-4H,5H2;4*1-2H3. The van der Waals surface area contributed by atoms with E-state index in [0.717, 1.165) is 12.3 Å². The fraction of sp³-hybridized carbons (Fsp3) is 0.600. The fourth-order valence-corrected chi connectivity index (χ4v) is 1.14. The molecule has 2 aliphatic carbocycles. The van der Waals surface area contributed by atoms with Gasteiger partial charge in [0.1, 0.15) is 0 Å². The molecule has 0 heterocycles. The highest BCUT2D eigenvalue weighted by atomic mass is 14.0. The van der Waals surface area contributed by atoms with E-state index in [1.54, 1.807) is 0 Å². The predicted molar refractivity (Wildman–Crippen MR) is 100 cm³/mol. The summed E-state index contributed by atoms with van der Waals surface area (Å²) in [7, 11) is 0. The topological polar surface area (TPSA) is 0 Å². The average molecular weight is 281 g/mol. The second-order valence-electron chi connectivity index (χ2n) is 2.93. The van der Waals surface area contributed by atoms with Gasteiger partial charge in [-0.2, -0.15) is 0 Å². The van der Waals surface area contributed by atoms with Crippen molar-refractivity contribution in [2.45, 2.75) is 75.2 Å². The summed E-state index contributed by atoms with van der Waals surface area (Å²) in [5, 5.41) is 0. The van der Waals surface area contributed by atoms with Crippen molar-refractivity contribution in [3.63, 3.8) is 0 Å². The highest BCUT2D eigenvalue weighted by molar-refractivity contribution is 5.16. The van der Waals surface area contributed by atoms with Crippen molar-refractivity contribution in [3.8, 4) is 0 Å². The maximum Gasteiger partial charge on any atom is -0.00499 e. The van der Waals surface area contributed by atoms with Gasteiger partial charge in [0.15, 0.2) is 0 Å². The molecule has 0 aromatic rings. The largest absolute Gasteiger partial charge is 0.0808 e. The average Bonchev–Trinajstić information content (AvgIpc) is 3.31. The van der Waals surface area contributed by atoms with Crippen molar-refractivity contribution in [2.75, 3.05) is 0 Å². The van der Waals surface area contributed by atoms with Crippen molar-refractivity contribution >= 4 is 0 Å². The Hall–Kier alpha value is -1.04. The van der Waals surface area contributed by atoms with E-state index in [1.165, 1.54) is 6.42 Å². The number of allylic oxidation sites excluding steroid dienone is 8. The van der Waals surface area contributed by atoms with E-state index in [0.29, 0.717) is 0 Å². The van der Waals surface area contributed by atoms with Crippen LogP contribution in [0.5, 0.6) is 0 Å². The molecule has 0 aromatic heterocycles. The van der Waals surface area contributed by atoms with Gasteiger partial charge in [-0.3, -0.25) is 0 Å². The minimum absolute atomic E-state index is 0.736. The molecule has 2 aliphatic rings. The van der Waals surface area contributed by atoms with Gasteiger partial charge in [-0.1, -0.05) is 111 Å². The van der Waals surface area contributed by atoms with E-state index in [2.05, 4.69) is 55.5 Å². The van der Waals surface area contributed by atoms with Crippen LogP contribution in [-0.2, 0) is 0 Å². The van der Waals surface area contributed by atoms with Gasteiger partial charge in [0.2, 0.25) is 0 Å². The van der Waals surface area contributed by atoms with E-state index in [9.17, 15) is 0 Å². The Bertz CT molecular complexity index is 194. The van der Waals surface area contributed by atoms with Crippen LogP contribution >= 0.6 is 0 Å². The molecule has 0 heteroatoms. The van der Waals surface area contributed by atoms with Crippen LogP contribution in [0.15, 0.2) is 48.6 Å². The summed E-state index contributed by atoms with van der Waals surface area (Å²) >= 11 is 0. The molecule has 0 aliphatic heterocycles. The molecule has 0 bridgehead atoms. The number of rotatable bonds is 1. The highest BCUT2D eigenvalue weighted by Gasteiger charge is 1.96.